The zero-order chi connectivity index (χ0) is 18.7. The van der Waals surface area contributed by atoms with Crippen LogP contribution in [0.1, 0.15) is 16.9 Å². The van der Waals surface area contributed by atoms with E-state index in [-0.39, 0.29) is 17.1 Å². The smallest absolute Gasteiger partial charge is 0.267 e. The van der Waals surface area contributed by atoms with Crippen molar-refractivity contribution < 1.29 is 17.6 Å². The molecular formula is C17H19FN4O3S. The van der Waals surface area contributed by atoms with Crippen LogP contribution in [0.3, 0.4) is 0 Å². The number of hydrogen-bond acceptors (Lipinski definition) is 5. The summed E-state index contributed by atoms with van der Waals surface area (Å²) in [4.78, 5) is 17.3. The molecule has 0 spiro atoms. The predicted molar refractivity (Wildman–Crippen MR) is 94.7 cm³/mol. The van der Waals surface area contributed by atoms with Gasteiger partial charge in [0.1, 0.15) is 11.5 Å². The Kier molecular flexibility index (Phi) is 5.19. The van der Waals surface area contributed by atoms with Crippen LogP contribution in [0, 0.1) is 5.82 Å². The Morgan fingerprint density at radius 2 is 1.81 bits per heavy atom. The molecule has 9 heteroatoms. The van der Waals surface area contributed by atoms with Crippen LogP contribution in [0.25, 0.3) is 0 Å². The lowest BCUT2D eigenvalue weighted by Crippen LogP contribution is -2.35. The number of carbonyl (C=O) groups excluding carboxylic acids is 1. The zero-order valence-corrected chi connectivity index (χ0v) is 14.8. The van der Waals surface area contributed by atoms with E-state index in [4.69, 9.17) is 5.73 Å². The molecule has 138 valence electrons. The molecule has 2 aromatic rings. The van der Waals surface area contributed by atoms with Crippen molar-refractivity contribution in [1.82, 2.24) is 9.29 Å². The number of benzene rings is 1. The van der Waals surface area contributed by atoms with E-state index < -0.39 is 21.7 Å². The minimum atomic E-state index is -3.68. The molecule has 1 fully saturated rings. The molecule has 2 heterocycles. The molecule has 1 aromatic heterocycles. The summed E-state index contributed by atoms with van der Waals surface area (Å²) in [6.07, 6.45) is 2.13. The number of amides is 1. The summed E-state index contributed by atoms with van der Waals surface area (Å²) in [5.41, 5.74) is 6.21. The maximum absolute atomic E-state index is 13.1. The maximum atomic E-state index is 13.1. The van der Waals surface area contributed by atoms with Gasteiger partial charge in [-0.2, -0.15) is 4.31 Å². The molecule has 7 nitrogen and oxygen atoms in total. The quantitative estimate of drug-likeness (QED) is 0.863. The molecule has 1 saturated heterocycles. The van der Waals surface area contributed by atoms with Gasteiger partial charge in [0.05, 0.1) is 4.90 Å². The molecule has 0 radical (unpaired) electrons. The molecule has 0 saturated carbocycles. The third-order valence-corrected chi connectivity index (χ3v) is 6.18. The number of carbonyl (C=O) groups is 1. The van der Waals surface area contributed by atoms with Crippen LogP contribution in [-0.4, -0.2) is 49.8 Å². The van der Waals surface area contributed by atoms with Crippen molar-refractivity contribution in [2.24, 2.45) is 5.73 Å². The van der Waals surface area contributed by atoms with E-state index >= 15 is 0 Å². The van der Waals surface area contributed by atoms with Gasteiger partial charge in [0.25, 0.3) is 5.91 Å². The van der Waals surface area contributed by atoms with E-state index in [1.807, 2.05) is 4.90 Å². The minimum absolute atomic E-state index is 0.0762. The van der Waals surface area contributed by atoms with Crippen LogP contribution < -0.4 is 10.6 Å². The topological polar surface area (TPSA) is 96.6 Å². The third kappa shape index (κ3) is 3.83. The van der Waals surface area contributed by atoms with Crippen LogP contribution in [0.2, 0.25) is 0 Å². The number of pyridine rings is 1. The first-order valence-corrected chi connectivity index (χ1v) is 9.58. The van der Waals surface area contributed by atoms with Crippen LogP contribution in [0.5, 0.6) is 0 Å². The van der Waals surface area contributed by atoms with Gasteiger partial charge in [0, 0.05) is 38.1 Å². The Bertz CT molecular complexity index is 902. The van der Waals surface area contributed by atoms with Crippen molar-refractivity contribution in [3.63, 3.8) is 0 Å². The van der Waals surface area contributed by atoms with E-state index in [0.29, 0.717) is 26.1 Å². The number of rotatable bonds is 4. The minimum Gasteiger partial charge on any atom is -0.370 e. The number of anilines is 1. The van der Waals surface area contributed by atoms with Gasteiger partial charge < -0.3 is 10.6 Å². The standard InChI is InChI=1S/C17H19FN4O3S/c18-13-2-4-15(5-3-13)26(24,25)22-9-1-8-21(10-11-22)14-6-7-20-16(12-14)17(19)23/h2-7,12H,1,8-11H2,(H2,19,23). The van der Waals surface area contributed by atoms with Gasteiger partial charge >= 0.3 is 0 Å². The highest BCUT2D eigenvalue weighted by molar-refractivity contribution is 7.89. The Hall–Kier alpha value is -2.52. The van der Waals surface area contributed by atoms with Crippen LogP contribution in [-0.2, 0) is 10.0 Å². The van der Waals surface area contributed by atoms with Crippen LogP contribution in [0.4, 0.5) is 10.1 Å². The van der Waals surface area contributed by atoms with Gasteiger partial charge in [0.2, 0.25) is 10.0 Å². The monoisotopic (exact) mass is 378 g/mol. The number of sulfonamides is 1. The number of nitrogens with zero attached hydrogens (tertiary/aromatic N) is 3. The largest absolute Gasteiger partial charge is 0.370 e. The molecule has 0 bridgehead atoms. The number of hydrogen-bond donors (Lipinski definition) is 1. The molecule has 1 amide bonds. The van der Waals surface area contributed by atoms with Crippen molar-refractivity contribution in [1.29, 1.82) is 0 Å². The number of aromatic nitrogens is 1. The average molecular weight is 378 g/mol. The normalized spacial score (nSPS) is 16.3. The number of primary amides is 1. The molecule has 0 aliphatic carbocycles. The molecule has 0 atom stereocenters. The first kappa shape index (κ1) is 18.3. The van der Waals surface area contributed by atoms with E-state index in [1.165, 1.54) is 22.6 Å². The van der Waals surface area contributed by atoms with Gasteiger partial charge in [-0.15, -0.1) is 0 Å². The molecule has 26 heavy (non-hydrogen) atoms. The van der Waals surface area contributed by atoms with Crippen molar-refractivity contribution >= 4 is 21.6 Å². The van der Waals surface area contributed by atoms with E-state index in [2.05, 4.69) is 4.98 Å². The molecule has 3 rings (SSSR count). The molecule has 1 aromatic carbocycles. The first-order valence-electron chi connectivity index (χ1n) is 8.14. The van der Waals surface area contributed by atoms with Crippen molar-refractivity contribution in [2.75, 3.05) is 31.1 Å². The SMILES string of the molecule is NC(=O)c1cc(N2CCCN(S(=O)(=O)c3ccc(F)cc3)CC2)ccn1. The fourth-order valence-electron chi connectivity index (χ4n) is 2.90. The van der Waals surface area contributed by atoms with Gasteiger partial charge in [0.15, 0.2) is 0 Å². The zero-order valence-electron chi connectivity index (χ0n) is 14.0. The van der Waals surface area contributed by atoms with E-state index in [1.54, 1.807) is 12.1 Å². The summed E-state index contributed by atoms with van der Waals surface area (Å²) >= 11 is 0. The molecule has 1 aliphatic rings. The fraction of sp³-hybridized carbons (Fsp3) is 0.294. The fourth-order valence-corrected chi connectivity index (χ4v) is 4.37. The Morgan fingerprint density at radius 3 is 2.50 bits per heavy atom. The molecule has 0 unspecified atom stereocenters. The second-order valence-electron chi connectivity index (χ2n) is 5.96. The highest BCUT2D eigenvalue weighted by Gasteiger charge is 2.27. The molecule has 2 N–H and O–H groups in total. The van der Waals surface area contributed by atoms with Gasteiger partial charge in [-0.25, -0.2) is 12.8 Å². The summed E-state index contributed by atoms with van der Waals surface area (Å²) in [5, 5.41) is 0. The lowest BCUT2D eigenvalue weighted by Gasteiger charge is -2.23. The summed E-state index contributed by atoms with van der Waals surface area (Å²) in [6, 6.07) is 8.19. The highest BCUT2D eigenvalue weighted by atomic mass is 32.2. The third-order valence-electron chi connectivity index (χ3n) is 4.27. The molecular weight excluding hydrogens is 359 g/mol. The van der Waals surface area contributed by atoms with Crippen molar-refractivity contribution in [3.8, 4) is 0 Å². The molecule has 1 aliphatic heterocycles. The second kappa shape index (κ2) is 7.38. The highest BCUT2D eigenvalue weighted by Crippen LogP contribution is 2.21. The van der Waals surface area contributed by atoms with Gasteiger partial charge in [-0.3, -0.25) is 9.78 Å². The summed E-state index contributed by atoms with van der Waals surface area (Å²) in [6.45, 7) is 1.75. The Balaban J connectivity index is 1.77. The van der Waals surface area contributed by atoms with Crippen molar-refractivity contribution in [3.05, 3.63) is 54.1 Å². The van der Waals surface area contributed by atoms with Gasteiger partial charge in [-0.05, 0) is 42.8 Å². The maximum Gasteiger partial charge on any atom is 0.267 e. The second-order valence-corrected chi connectivity index (χ2v) is 7.90. The summed E-state index contributed by atoms with van der Waals surface area (Å²) in [5.74, 6) is -1.09. The first-order chi connectivity index (χ1) is 12.4. The van der Waals surface area contributed by atoms with Crippen LogP contribution >= 0.6 is 0 Å². The van der Waals surface area contributed by atoms with E-state index in [0.717, 1.165) is 17.8 Å². The number of nitrogens with two attached hydrogens (primary N) is 1. The summed E-state index contributed by atoms with van der Waals surface area (Å²) in [7, 11) is -3.68. The van der Waals surface area contributed by atoms with Gasteiger partial charge in [-0.1, -0.05) is 0 Å². The number of halogens is 1. The van der Waals surface area contributed by atoms with E-state index in [9.17, 15) is 17.6 Å². The van der Waals surface area contributed by atoms with Crippen LogP contribution in [0.15, 0.2) is 47.5 Å². The van der Waals surface area contributed by atoms with Crippen molar-refractivity contribution in [2.45, 2.75) is 11.3 Å². The summed E-state index contributed by atoms with van der Waals surface area (Å²) < 4.78 is 40.0. The predicted octanol–water partition coefficient (Wildman–Crippen LogP) is 1.22. The Labute approximate surface area is 151 Å². The lowest BCUT2D eigenvalue weighted by molar-refractivity contribution is 0.0995. The lowest BCUT2D eigenvalue weighted by atomic mass is 10.2. The average Bonchev–Trinajstić information content (AvgIpc) is 2.89. The Morgan fingerprint density at radius 1 is 1.08 bits per heavy atom.